The second-order valence-corrected chi connectivity index (χ2v) is 15.3. The third-order valence-electron chi connectivity index (χ3n) is 7.46. The zero-order valence-electron chi connectivity index (χ0n) is 24.7. The van der Waals surface area contributed by atoms with Crippen LogP contribution >= 0.6 is 0 Å². The molecular weight excluding hydrogens is 650 g/mol. The molecule has 4 rings (SSSR count). The third kappa shape index (κ3) is 7.71. The number of alkyl halides is 3. The fraction of sp³-hybridized carbons (Fsp3) is 0.556. The number of nitrogens with zero attached hydrogens (tertiary/aromatic N) is 1. The summed E-state index contributed by atoms with van der Waals surface area (Å²) in [4.78, 5) is 24.7. The number of hydrogen-bond acceptors (Lipinski definition) is 9. The zero-order valence-corrected chi connectivity index (χ0v) is 26.3. The highest BCUT2D eigenvalue weighted by molar-refractivity contribution is 7.91. The van der Waals surface area contributed by atoms with E-state index < -0.39 is 73.0 Å². The molecule has 1 aromatic rings. The van der Waals surface area contributed by atoms with Gasteiger partial charge in [-0.15, -0.1) is 0 Å². The van der Waals surface area contributed by atoms with Gasteiger partial charge in [0, 0.05) is 24.1 Å². The van der Waals surface area contributed by atoms with Crippen molar-refractivity contribution in [3.63, 3.8) is 0 Å². The van der Waals surface area contributed by atoms with Gasteiger partial charge >= 0.3 is 12.3 Å². The minimum atomic E-state index is -4.86. The monoisotopic (exact) mass is 683 g/mol. The van der Waals surface area contributed by atoms with Gasteiger partial charge in [0.25, 0.3) is 0 Å². The maximum absolute atomic E-state index is 14.1. The number of carbonyl (C=O) groups excluding carboxylic acids is 2. The number of hydrogen-bond donors (Lipinski definition) is 2. The van der Waals surface area contributed by atoms with Gasteiger partial charge in [-0.3, -0.25) is 14.8 Å². The lowest BCUT2D eigenvalue weighted by Gasteiger charge is -2.41. The van der Waals surface area contributed by atoms with Crippen LogP contribution in [0.1, 0.15) is 46.5 Å². The van der Waals surface area contributed by atoms with Gasteiger partial charge in [-0.25, -0.2) is 26.0 Å². The van der Waals surface area contributed by atoms with Crippen molar-refractivity contribution in [3.05, 3.63) is 47.6 Å². The Hall–Kier alpha value is -3.38. The molecule has 45 heavy (non-hydrogen) atoms. The van der Waals surface area contributed by atoms with E-state index in [1.54, 1.807) is 0 Å². The van der Waals surface area contributed by atoms with E-state index in [2.05, 4.69) is 10.1 Å². The summed E-state index contributed by atoms with van der Waals surface area (Å²) in [5, 5.41) is 1.58. The fourth-order valence-electron chi connectivity index (χ4n) is 4.61. The van der Waals surface area contributed by atoms with E-state index in [9.17, 15) is 44.0 Å². The van der Waals surface area contributed by atoms with E-state index in [0.717, 1.165) is 29.6 Å². The molecule has 2 fully saturated rings. The lowest BCUT2D eigenvalue weighted by atomic mass is 9.99. The van der Waals surface area contributed by atoms with Crippen molar-refractivity contribution in [2.24, 2.45) is 5.92 Å². The van der Waals surface area contributed by atoms with Crippen molar-refractivity contribution < 1.29 is 58.2 Å². The Labute approximate surface area is 257 Å². The topological polar surface area (TPSA) is 157 Å². The van der Waals surface area contributed by atoms with Crippen molar-refractivity contribution in [1.82, 2.24) is 14.3 Å². The lowest BCUT2D eigenvalue weighted by Crippen LogP contribution is -2.52. The van der Waals surface area contributed by atoms with Crippen LogP contribution in [0, 0.1) is 11.7 Å². The highest BCUT2D eigenvalue weighted by Crippen LogP contribution is 2.36. The molecule has 0 bridgehead atoms. The van der Waals surface area contributed by atoms with Crippen molar-refractivity contribution in [1.29, 1.82) is 0 Å². The number of sulfonamides is 2. The molecular formula is C27H33F4N3O9S2. The number of nitrogens with one attached hydrogen (secondary N) is 2. The van der Waals surface area contributed by atoms with Gasteiger partial charge in [0.1, 0.15) is 17.9 Å². The minimum Gasteiger partial charge on any atom is -0.494 e. The quantitative estimate of drug-likeness (QED) is 0.353. The van der Waals surface area contributed by atoms with Gasteiger partial charge in [-0.1, -0.05) is 6.92 Å². The first kappa shape index (κ1) is 34.5. The summed E-state index contributed by atoms with van der Waals surface area (Å²) < 4.78 is 125. The first-order chi connectivity index (χ1) is 20.7. The second kappa shape index (κ2) is 12.4. The highest BCUT2D eigenvalue weighted by atomic mass is 32.2. The molecule has 1 heterocycles. The Balaban J connectivity index is 1.60. The predicted molar refractivity (Wildman–Crippen MR) is 150 cm³/mol. The summed E-state index contributed by atoms with van der Waals surface area (Å²) in [7, 11) is -7.14. The number of allylic oxidation sites excluding steroid dienone is 1. The van der Waals surface area contributed by atoms with Crippen molar-refractivity contribution >= 4 is 32.0 Å². The van der Waals surface area contributed by atoms with Crippen LogP contribution in [0.15, 0.2) is 46.7 Å². The summed E-state index contributed by atoms with van der Waals surface area (Å²) in [6, 6.07) is 1.68. The van der Waals surface area contributed by atoms with Gasteiger partial charge in [-0.2, -0.15) is 17.5 Å². The second-order valence-electron chi connectivity index (χ2n) is 11.4. The van der Waals surface area contributed by atoms with Gasteiger partial charge in [0.2, 0.25) is 31.6 Å². The van der Waals surface area contributed by atoms with Crippen LogP contribution in [0.25, 0.3) is 0 Å². The number of methoxy groups -OCH3 is 1. The van der Waals surface area contributed by atoms with Gasteiger partial charge < -0.3 is 14.2 Å². The van der Waals surface area contributed by atoms with E-state index >= 15 is 0 Å². The van der Waals surface area contributed by atoms with E-state index in [4.69, 9.17) is 9.47 Å². The summed E-state index contributed by atoms with van der Waals surface area (Å²) in [6.07, 6.45) is -3.84. The molecule has 18 heteroatoms. The molecule has 0 aromatic heterocycles. The Morgan fingerprint density at radius 3 is 2.42 bits per heavy atom. The third-order valence-corrected chi connectivity index (χ3v) is 11.1. The van der Waals surface area contributed by atoms with Gasteiger partial charge in [0.15, 0.2) is 11.6 Å². The fourth-order valence-corrected chi connectivity index (χ4v) is 7.61. The Bertz CT molecular complexity index is 1620. The highest BCUT2D eigenvalue weighted by Gasteiger charge is 2.51. The van der Waals surface area contributed by atoms with Crippen LogP contribution < -0.4 is 14.8 Å². The van der Waals surface area contributed by atoms with E-state index in [-0.39, 0.29) is 41.5 Å². The number of ether oxygens (including phenoxy) is 3. The maximum Gasteiger partial charge on any atom is 0.427 e. The summed E-state index contributed by atoms with van der Waals surface area (Å²) in [5.41, 5.74) is -2.80. The number of halogens is 4. The molecule has 1 aromatic carbocycles. The maximum atomic E-state index is 14.1. The molecule has 2 N–H and O–H groups in total. The number of benzene rings is 1. The van der Waals surface area contributed by atoms with Crippen molar-refractivity contribution in [2.45, 2.75) is 80.5 Å². The van der Waals surface area contributed by atoms with E-state index in [1.807, 2.05) is 4.72 Å². The Morgan fingerprint density at radius 1 is 1.16 bits per heavy atom. The van der Waals surface area contributed by atoms with Crippen LogP contribution in [0.3, 0.4) is 0 Å². The first-order valence-corrected chi connectivity index (χ1v) is 16.8. The van der Waals surface area contributed by atoms with E-state index in [1.165, 1.54) is 19.1 Å². The Kier molecular flexibility index (Phi) is 9.53. The molecule has 0 spiro atoms. The molecule has 1 saturated carbocycles. The number of morpholine rings is 1. The number of alkyl carbamates (subject to hydrolysis) is 1. The summed E-state index contributed by atoms with van der Waals surface area (Å²) >= 11 is 0. The van der Waals surface area contributed by atoms with Crippen molar-refractivity contribution in [2.75, 3.05) is 13.7 Å². The largest absolute Gasteiger partial charge is 0.494 e. The van der Waals surface area contributed by atoms with Crippen LogP contribution in [-0.2, 0) is 34.3 Å². The zero-order chi connectivity index (χ0) is 33.5. The molecule has 3 unspecified atom stereocenters. The molecule has 3 aliphatic rings. The summed E-state index contributed by atoms with van der Waals surface area (Å²) in [5.74, 6) is -2.77. The average molecular weight is 684 g/mol. The number of amides is 2. The molecule has 250 valence electrons. The molecule has 1 saturated heterocycles. The molecule has 2 aliphatic carbocycles. The molecule has 2 amide bonds. The lowest BCUT2D eigenvalue weighted by molar-refractivity contribution is -0.243. The number of rotatable bonds is 10. The molecule has 1 aliphatic heterocycles. The average Bonchev–Trinajstić information content (AvgIpc) is 3.78. The standard InChI is InChI=1S/C27H33F4N3O9S2/c1-15(24(35)33-44(37,38)18-6-7-18)11-17-14-34(45(39,40)19-8-9-20(28)23(13-19)41-4)21-12-16(5-10-22(21)42-17)32-25(36)43-26(2,3)27(29,30)31/h8-10,12-13,15,17-18,21H,5-7,11,14H2,1-4H3,(H,32,36)(H,33,35). The van der Waals surface area contributed by atoms with Crippen LogP contribution in [0.5, 0.6) is 5.75 Å². The van der Waals surface area contributed by atoms with E-state index in [0.29, 0.717) is 26.7 Å². The minimum absolute atomic E-state index is 0.0173. The van der Waals surface area contributed by atoms with Crippen LogP contribution in [0.4, 0.5) is 22.4 Å². The number of fused-ring (bicyclic) bond motifs is 1. The predicted octanol–water partition coefficient (Wildman–Crippen LogP) is 3.47. The van der Waals surface area contributed by atoms with Gasteiger partial charge in [-0.05, 0) is 57.4 Å². The SMILES string of the molecule is COc1cc(S(=O)(=O)N2CC(CC(C)C(=O)NS(=O)(=O)C3CC3)OC3=CCC(NC(=O)OC(C)(C)C(F)(F)F)=CC32)ccc1F. The Morgan fingerprint density at radius 2 is 1.82 bits per heavy atom. The molecule has 12 nitrogen and oxygen atoms in total. The van der Waals surface area contributed by atoms with Crippen molar-refractivity contribution in [3.8, 4) is 5.75 Å². The van der Waals surface area contributed by atoms with Crippen LogP contribution in [-0.4, -0.2) is 76.0 Å². The molecule has 0 radical (unpaired) electrons. The molecule has 3 atom stereocenters. The smallest absolute Gasteiger partial charge is 0.427 e. The van der Waals surface area contributed by atoms with Gasteiger partial charge in [0.05, 0.1) is 23.8 Å². The van der Waals surface area contributed by atoms with Crippen LogP contribution in [0.2, 0.25) is 0 Å². The normalized spacial score (nSPS) is 21.8. The first-order valence-electron chi connectivity index (χ1n) is 13.8. The summed E-state index contributed by atoms with van der Waals surface area (Å²) in [6.45, 7) is 2.43. The number of carbonyl (C=O) groups is 2.